The molecule has 1 aromatic heterocycles. The maximum Gasteiger partial charge on any atom is 0.248 e. The largest absolute Gasteiger partial charge is 0.368 e. The highest BCUT2D eigenvalue weighted by Gasteiger charge is 2.39. The van der Waals surface area contributed by atoms with Crippen LogP contribution in [0.15, 0.2) is 0 Å². The molecule has 7 heteroatoms. The minimum absolute atomic E-state index is 0.139. The van der Waals surface area contributed by atoms with Gasteiger partial charge < -0.3 is 19.9 Å². The van der Waals surface area contributed by atoms with Gasteiger partial charge in [0.2, 0.25) is 5.91 Å². The van der Waals surface area contributed by atoms with Gasteiger partial charge in [-0.25, -0.2) is 4.98 Å². The lowest BCUT2D eigenvalue weighted by Gasteiger charge is -2.35. The van der Waals surface area contributed by atoms with Crippen molar-refractivity contribution in [2.45, 2.75) is 69.7 Å². The molecule has 0 spiro atoms. The van der Waals surface area contributed by atoms with Crippen molar-refractivity contribution < 1.29 is 9.53 Å². The molecular formula is C19H28N4O2S. The Bertz CT molecular complexity index is 656. The third-order valence-electron chi connectivity index (χ3n) is 6.42. The Labute approximate surface area is 158 Å². The van der Waals surface area contributed by atoms with E-state index in [1.807, 2.05) is 4.90 Å². The zero-order valence-electron chi connectivity index (χ0n) is 15.3. The Morgan fingerprint density at radius 1 is 1.19 bits per heavy atom. The maximum atomic E-state index is 12.6. The normalized spacial score (nSPS) is 28.6. The van der Waals surface area contributed by atoms with Crippen molar-refractivity contribution in [3.05, 3.63) is 10.6 Å². The van der Waals surface area contributed by atoms with Crippen molar-refractivity contribution in [3.8, 4) is 0 Å². The summed E-state index contributed by atoms with van der Waals surface area (Å²) in [4.78, 5) is 23.3. The number of thiazole rings is 1. The van der Waals surface area contributed by atoms with Gasteiger partial charge in [-0.1, -0.05) is 24.2 Å². The molecule has 2 unspecified atom stereocenters. The molecular weight excluding hydrogens is 348 g/mol. The van der Waals surface area contributed by atoms with E-state index >= 15 is 0 Å². The maximum absolute atomic E-state index is 12.6. The van der Waals surface area contributed by atoms with Gasteiger partial charge in [0.05, 0.1) is 18.3 Å². The van der Waals surface area contributed by atoms with E-state index in [4.69, 9.17) is 9.72 Å². The Balaban J connectivity index is 1.23. The molecule has 6 nitrogen and oxygen atoms in total. The first-order valence-electron chi connectivity index (χ1n) is 10.1. The van der Waals surface area contributed by atoms with Crippen molar-refractivity contribution in [2.75, 3.05) is 31.1 Å². The molecule has 2 atom stereocenters. The number of aromatic nitrogens is 1. The molecule has 4 heterocycles. The molecule has 1 aliphatic carbocycles. The number of amides is 1. The molecule has 1 aromatic rings. The molecule has 1 saturated carbocycles. The number of anilines is 1. The summed E-state index contributed by atoms with van der Waals surface area (Å²) in [7, 11) is 0. The van der Waals surface area contributed by atoms with Gasteiger partial charge >= 0.3 is 0 Å². The third kappa shape index (κ3) is 3.14. The van der Waals surface area contributed by atoms with Gasteiger partial charge in [0.1, 0.15) is 6.61 Å². The van der Waals surface area contributed by atoms with Crippen LogP contribution in [0.4, 0.5) is 5.13 Å². The number of carbonyl (C=O) groups excluding carboxylic acids is 1. The molecule has 3 aliphatic heterocycles. The SMILES string of the molecule is O=C(COC1CCCC1)N1CCc2nc(N3C4CCC3CNC4)sc2C1. The smallest absolute Gasteiger partial charge is 0.248 e. The summed E-state index contributed by atoms with van der Waals surface area (Å²) >= 11 is 1.81. The van der Waals surface area contributed by atoms with Gasteiger partial charge in [0, 0.05) is 43.0 Å². The second kappa shape index (κ2) is 7.09. The molecule has 5 rings (SSSR count). The molecule has 0 aromatic carbocycles. The predicted molar refractivity (Wildman–Crippen MR) is 102 cm³/mol. The average Bonchev–Trinajstić information content (AvgIpc) is 3.36. The van der Waals surface area contributed by atoms with Crippen molar-refractivity contribution in [1.82, 2.24) is 15.2 Å². The van der Waals surface area contributed by atoms with Crippen LogP contribution in [0.3, 0.4) is 0 Å². The van der Waals surface area contributed by atoms with Crippen LogP contribution in [0.1, 0.15) is 49.1 Å². The van der Waals surface area contributed by atoms with Gasteiger partial charge in [0.15, 0.2) is 5.13 Å². The highest BCUT2D eigenvalue weighted by Crippen LogP contribution is 2.38. The number of fused-ring (bicyclic) bond motifs is 3. The molecule has 1 N–H and O–H groups in total. The Morgan fingerprint density at radius 2 is 1.96 bits per heavy atom. The summed E-state index contributed by atoms with van der Waals surface area (Å²) in [6, 6.07) is 1.19. The van der Waals surface area contributed by atoms with Crippen molar-refractivity contribution in [3.63, 3.8) is 0 Å². The van der Waals surface area contributed by atoms with E-state index in [1.54, 1.807) is 11.3 Å². The Morgan fingerprint density at radius 3 is 2.73 bits per heavy atom. The van der Waals surface area contributed by atoms with Crippen molar-refractivity contribution in [1.29, 1.82) is 0 Å². The quantitative estimate of drug-likeness (QED) is 0.870. The fourth-order valence-electron chi connectivity index (χ4n) is 4.93. The minimum Gasteiger partial charge on any atom is -0.368 e. The highest BCUT2D eigenvalue weighted by atomic mass is 32.1. The number of hydrogen-bond acceptors (Lipinski definition) is 6. The van der Waals surface area contributed by atoms with E-state index in [2.05, 4.69) is 10.2 Å². The second-order valence-electron chi connectivity index (χ2n) is 8.10. The van der Waals surface area contributed by atoms with Crippen molar-refractivity contribution >= 4 is 22.4 Å². The molecule has 2 saturated heterocycles. The predicted octanol–water partition coefficient (Wildman–Crippen LogP) is 1.93. The number of carbonyl (C=O) groups is 1. The van der Waals surface area contributed by atoms with Gasteiger partial charge in [-0.05, 0) is 25.7 Å². The molecule has 0 radical (unpaired) electrons. The van der Waals surface area contributed by atoms with Gasteiger partial charge in [0.25, 0.3) is 0 Å². The standard InChI is InChI=1S/C19H28N4O2S/c24-18(12-25-15-3-1-2-4-15)22-8-7-16-17(11-22)26-19(21-16)23-13-5-6-14(23)10-20-9-13/h13-15,20H,1-12H2. The summed E-state index contributed by atoms with van der Waals surface area (Å²) in [5.74, 6) is 0.139. The first kappa shape index (κ1) is 17.0. The first-order chi connectivity index (χ1) is 12.8. The molecule has 2 bridgehead atoms. The van der Waals surface area contributed by atoms with Crippen LogP contribution in [0, 0.1) is 0 Å². The Kier molecular flexibility index (Phi) is 4.63. The highest BCUT2D eigenvalue weighted by molar-refractivity contribution is 7.15. The topological polar surface area (TPSA) is 57.7 Å². The second-order valence-corrected chi connectivity index (χ2v) is 9.16. The van der Waals surface area contributed by atoms with Gasteiger partial charge in [-0.15, -0.1) is 0 Å². The Hall–Kier alpha value is -1.18. The van der Waals surface area contributed by atoms with Gasteiger partial charge in [-0.3, -0.25) is 4.79 Å². The fourth-order valence-corrected chi connectivity index (χ4v) is 6.20. The van der Waals surface area contributed by atoms with Crippen LogP contribution < -0.4 is 10.2 Å². The molecule has 1 amide bonds. The summed E-state index contributed by atoms with van der Waals surface area (Å²) in [5, 5.41) is 4.72. The van der Waals surface area contributed by atoms with E-state index in [0.29, 0.717) is 24.7 Å². The minimum atomic E-state index is 0.139. The average molecular weight is 377 g/mol. The lowest BCUT2D eigenvalue weighted by molar-refractivity contribution is -0.139. The summed E-state index contributed by atoms with van der Waals surface area (Å²) in [5.41, 5.74) is 1.21. The summed E-state index contributed by atoms with van der Waals surface area (Å²) in [6.45, 7) is 3.88. The third-order valence-corrected chi connectivity index (χ3v) is 7.51. The number of ether oxygens (including phenoxy) is 1. The van der Waals surface area contributed by atoms with E-state index < -0.39 is 0 Å². The number of piperazine rings is 1. The van der Waals surface area contributed by atoms with Gasteiger partial charge in [-0.2, -0.15) is 0 Å². The molecule has 3 fully saturated rings. The van der Waals surface area contributed by atoms with Crippen LogP contribution in [0.25, 0.3) is 0 Å². The lowest BCUT2D eigenvalue weighted by Crippen LogP contribution is -2.51. The number of rotatable bonds is 4. The fraction of sp³-hybridized carbons (Fsp3) is 0.789. The van der Waals surface area contributed by atoms with E-state index in [9.17, 15) is 4.79 Å². The summed E-state index contributed by atoms with van der Waals surface area (Å²) in [6.07, 6.45) is 8.43. The first-order valence-corrected chi connectivity index (χ1v) is 11.0. The van der Waals surface area contributed by atoms with E-state index in [0.717, 1.165) is 38.9 Å². The number of nitrogens with zero attached hydrogens (tertiary/aromatic N) is 3. The number of nitrogens with one attached hydrogen (secondary N) is 1. The zero-order valence-corrected chi connectivity index (χ0v) is 16.1. The van der Waals surface area contributed by atoms with Crippen LogP contribution in [0.5, 0.6) is 0 Å². The summed E-state index contributed by atoms with van der Waals surface area (Å²) < 4.78 is 5.82. The monoisotopic (exact) mass is 376 g/mol. The van der Waals surface area contributed by atoms with Crippen molar-refractivity contribution in [2.24, 2.45) is 0 Å². The van der Waals surface area contributed by atoms with Crippen LogP contribution in [-0.2, 0) is 22.5 Å². The molecule has 26 heavy (non-hydrogen) atoms. The lowest BCUT2D eigenvalue weighted by atomic mass is 10.2. The van der Waals surface area contributed by atoms with E-state index in [-0.39, 0.29) is 12.5 Å². The molecule has 142 valence electrons. The number of hydrogen-bond donors (Lipinski definition) is 1. The molecule has 4 aliphatic rings. The van der Waals surface area contributed by atoms with Crippen LogP contribution in [0.2, 0.25) is 0 Å². The zero-order chi connectivity index (χ0) is 17.5. The van der Waals surface area contributed by atoms with Crippen LogP contribution >= 0.6 is 11.3 Å². The van der Waals surface area contributed by atoms with E-state index in [1.165, 1.54) is 41.4 Å². The van der Waals surface area contributed by atoms with Crippen LogP contribution in [-0.4, -0.2) is 60.2 Å².